The van der Waals surface area contributed by atoms with E-state index in [1.165, 1.54) is 0 Å². The fourth-order valence-electron chi connectivity index (χ4n) is 0.897. The molecule has 0 bridgehead atoms. The van der Waals surface area contributed by atoms with Crippen molar-refractivity contribution in [2.24, 2.45) is 5.92 Å². The summed E-state index contributed by atoms with van der Waals surface area (Å²) in [5.41, 5.74) is 0. The zero-order chi connectivity index (χ0) is 11.7. The topological polar surface area (TPSA) is 52.6 Å². The maximum absolute atomic E-state index is 11.1. The van der Waals surface area contributed by atoms with Gasteiger partial charge in [-0.1, -0.05) is 33.6 Å². The summed E-state index contributed by atoms with van der Waals surface area (Å²) in [5, 5.41) is 0. The fourth-order valence-corrected chi connectivity index (χ4v) is 0.897. The Bertz CT molecular complexity index is 201. The summed E-state index contributed by atoms with van der Waals surface area (Å²) in [7, 11) is 0. The predicted octanol–water partition coefficient (Wildman–Crippen LogP) is 2.61. The summed E-state index contributed by atoms with van der Waals surface area (Å²) in [6.45, 7) is 5.65. The van der Waals surface area contributed by atoms with Crippen LogP contribution in [0.5, 0.6) is 0 Å². The van der Waals surface area contributed by atoms with E-state index >= 15 is 0 Å². The van der Waals surface area contributed by atoms with Crippen LogP contribution in [0.2, 0.25) is 0 Å². The molecule has 0 aromatic heterocycles. The van der Waals surface area contributed by atoms with Crippen molar-refractivity contribution in [3.05, 3.63) is 0 Å². The van der Waals surface area contributed by atoms with Gasteiger partial charge in [-0.3, -0.25) is 0 Å². The molecule has 88 valence electrons. The van der Waals surface area contributed by atoms with Gasteiger partial charge in [-0.25, -0.2) is 19.4 Å². The van der Waals surface area contributed by atoms with Crippen molar-refractivity contribution < 1.29 is 19.4 Å². The van der Waals surface area contributed by atoms with Gasteiger partial charge in [-0.2, -0.15) is 0 Å². The first kappa shape index (κ1) is 13.9. The molecule has 4 nitrogen and oxygen atoms in total. The normalized spacial score (nSPS) is 11.9. The van der Waals surface area contributed by atoms with Crippen LogP contribution in [0.4, 0.5) is 0 Å². The van der Waals surface area contributed by atoms with Crippen molar-refractivity contribution in [1.29, 1.82) is 0 Å². The quantitative estimate of drug-likeness (QED) is 0.389. The molecule has 4 heteroatoms. The van der Waals surface area contributed by atoms with Crippen LogP contribution in [0, 0.1) is 5.92 Å². The average molecular weight is 216 g/mol. The maximum atomic E-state index is 11.1. The van der Waals surface area contributed by atoms with Crippen LogP contribution in [0.3, 0.4) is 0 Å². The summed E-state index contributed by atoms with van der Waals surface area (Å²) in [5.74, 6) is -1.19. The maximum Gasteiger partial charge on any atom is 0.358 e. The Morgan fingerprint density at radius 2 is 1.80 bits per heavy atom. The lowest BCUT2D eigenvalue weighted by Gasteiger charge is -2.06. The van der Waals surface area contributed by atoms with Crippen molar-refractivity contribution >= 4 is 11.9 Å². The highest BCUT2D eigenvalue weighted by Crippen LogP contribution is 2.05. The number of hydrogen-bond donors (Lipinski definition) is 0. The number of rotatable bonds is 6. The molecule has 0 heterocycles. The van der Waals surface area contributed by atoms with Crippen LogP contribution in [0.25, 0.3) is 0 Å². The van der Waals surface area contributed by atoms with E-state index < -0.39 is 11.9 Å². The Morgan fingerprint density at radius 1 is 1.13 bits per heavy atom. The Morgan fingerprint density at radius 3 is 2.33 bits per heavy atom. The van der Waals surface area contributed by atoms with Gasteiger partial charge in [0.05, 0.1) is 12.3 Å². The molecule has 0 saturated heterocycles. The third kappa shape index (κ3) is 6.94. The number of hydrogen-bond acceptors (Lipinski definition) is 4. The highest BCUT2D eigenvalue weighted by molar-refractivity contribution is 5.74. The first-order valence-corrected chi connectivity index (χ1v) is 5.53. The molecule has 1 unspecified atom stereocenters. The smallest absolute Gasteiger partial charge is 0.247 e. The summed E-state index contributed by atoms with van der Waals surface area (Å²) in [6, 6.07) is 0. The minimum atomic E-state index is -0.485. The van der Waals surface area contributed by atoms with Crippen LogP contribution < -0.4 is 0 Å². The van der Waals surface area contributed by atoms with Gasteiger partial charge in [-0.15, -0.1) is 0 Å². The molecule has 0 radical (unpaired) electrons. The lowest BCUT2D eigenvalue weighted by molar-refractivity contribution is -0.262. The fraction of sp³-hybridized carbons (Fsp3) is 0.818. The molecular formula is C11H20O4. The molecule has 0 N–H and O–H groups in total. The first-order valence-electron chi connectivity index (χ1n) is 5.53. The van der Waals surface area contributed by atoms with E-state index in [2.05, 4.69) is 9.78 Å². The number of carbonyl (C=O) groups excluding carboxylic acids is 2. The molecule has 15 heavy (non-hydrogen) atoms. The van der Waals surface area contributed by atoms with E-state index in [9.17, 15) is 9.59 Å². The van der Waals surface area contributed by atoms with Gasteiger partial charge < -0.3 is 0 Å². The monoisotopic (exact) mass is 216 g/mol. The van der Waals surface area contributed by atoms with Crippen molar-refractivity contribution in [3.8, 4) is 0 Å². The molecule has 0 saturated carbocycles. The van der Waals surface area contributed by atoms with E-state index in [0.717, 1.165) is 19.3 Å². The molecule has 0 rings (SSSR count). The van der Waals surface area contributed by atoms with Crippen LogP contribution in [-0.2, 0) is 19.4 Å². The highest BCUT2D eigenvalue weighted by atomic mass is 17.2. The van der Waals surface area contributed by atoms with E-state index in [-0.39, 0.29) is 5.92 Å². The molecule has 0 fully saturated rings. The molecule has 0 aliphatic heterocycles. The number of unbranched alkanes of at least 4 members (excludes halogenated alkanes) is 2. The average Bonchev–Trinajstić information content (AvgIpc) is 2.25. The van der Waals surface area contributed by atoms with Crippen molar-refractivity contribution in [2.45, 2.75) is 52.9 Å². The summed E-state index contributed by atoms with van der Waals surface area (Å²) < 4.78 is 0. The molecule has 0 aliphatic carbocycles. The van der Waals surface area contributed by atoms with Crippen LogP contribution in [0.15, 0.2) is 0 Å². The van der Waals surface area contributed by atoms with Gasteiger partial charge in [0, 0.05) is 0 Å². The Kier molecular flexibility index (Phi) is 7.68. The first-order chi connectivity index (χ1) is 7.11. The SMILES string of the molecule is CCCCCC(=O)OOC(=O)C(C)CC. The van der Waals surface area contributed by atoms with E-state index in [4.69, 9.17) is 0 Å². The van der Waals surface area contributed by atoms with Crippen molar-refractivity contribution in [2.75, 3.05) is 0 Å². The third-order valence-corrected chi connectivity index (χ3v) is 2.22. The minimum Gasteiger partial charge on any atom is -0.247 e. The van der Waals surface area contributed by atoms with Crippen LogP contribution in [-0.4, -0.2) is 11.9 Å². The lowest BCUT2D eigenvalue weighted by Crippen LogP contribution is -2.17. The van der Waals surface area contributed by atoms with Crippen molar-refractivity contribution in [3.63, 3.8) is 0 Å². The number of carbonyl (C=O) groups is 2. The van der Waals surface area contributed by atoms with Gasteiger partial charge in [0.1, 0.15) is 0 Å². The second kappa shape index (κ2) is 8.26. The molecule has 0 spiro atoms. The molecular weight excluding hydrogens is 196 g/mol. The van der Waals surface area contributed by atoms with Gasteiger partial charge in [0.2, 0.25) is 0 Å². The zero-order valence-corrected chi connectivity index (χ0v) is 9.75. The Labute approximate surface area is 90.9 Å². The zero-order valence-electron chi connectivity index (χ0n) is 9.75. The third-order valence-electron chi connectivity index (χ3n) is 2.22. The van der Waals surface area contributed by atoms with E-state index in [1.807, 2.05) is 13.8 Å². The summed E-state index contributed by atoms with van der Waals surface area (Å²) in [6.07, 6.45) is 3.78. The second-order valence-corrected chi connectivity index (χ2v) is 3.62. The predicted molar refractivity (Wildman–Crippen MR) is 55.8 cm³/mol. The summed E-state index contributed by atoms with van der Waals surface area (Å²) in [4.78, 5) is 30.9. The molecule has 0 aromatic carbocycles. The highest BCUT2D eigenvalue weighted by Gasteiger charge is 2.15. The van der Waals surface area contributed by atoms with Crippen molar-refractivity contribution in [1.82, 2.24) is 0 Å². The standard InChI is InChI=1S/C11H20O4/c1-4-6-7-8-10(12)14-15-11(13)9(3)5-2/h9H,4-8H2,1-3H3. The van der Waals surface area contributed by atoms with E-state index in [0.29, 0.717) is 12.8 Å². The molecule has 1 atom stereocenters. The van der Waals surface area contributed by atoms with E-state index in [1.54, 1.807) is 6.92 Å². The minimum absolute atomic E-state index is 0.228. The van der Waals surface area contributed by atoms with Crippen LogP contribution >= 0.6 is 0 Å². The molecule has 0 aliphatic rings. The molecule has 0 amide bonds. The largest absolute Gasteiger partial charge is 0.358 e. The van der Waals surface area contributed by atoms with Crippen LogP contribution in [0.1, 0.15) is 52.9 Å². The Hall–Kier alpha value is -1.06. The van der Waals surface area contributed by atoms with Gasteiger partial charge in [0.15, 0.2) is 0 Å². The van der Waals surface area contributed by atoms with Gasteiger partial charge >= 0.3 is 11.9 Å². The lowest BCUT2D eigenvalue weighted by atomic mass is 10.1. The second-order valence-electron chi connectivity index (χ2n) is 3.62. The molecule has 0 aromatic rings. The van der Waals surface area contributed by atoms with Gasteiger partial charge in [0.25, 0.3) is 0 Å². The Balaban J connectivity index is 3.57. The van der Waals surface area contributed by atoms with Gasteiger partial charge in [-0.05, 0) is 12.8 Å². The summed E-state index contributed by atoms with van der Waals surface area (Å²) >= 11 is 0.